The molecule has 0 radical (unpaired) electrons. The molecule has 2 aromatic carbocycles. The molecule has 1 amide bonds. The van der Waals surface area contributed by atoms with Crippen LogP contribution in [0, 0.1) is 12.8 Å². The van der Waals surface area contributed by atoms with Gasteiger partial charge in [0.1, 0.15) is 5.75 Å². The Morgan fingerprint density at radius 1 is 1.14 bits per heavy atom. The van der Waals surface area contributed by atoms with Crippen molar-refractivity contribution in [1.29, 1.82) is 0 Å². The minimum Gasteiger partial charge on any atom is -0.497 e. The standard InChI is InChI=1S/C22H23NO5/c1-14-7-9-16(10-8-14)21(25)15(2)28-22(26)17-11-20(24)23(13-17)18-5-4-6-19(12-18)27-3/h4-10,12,15,17H,11,13H2,1-3H3/t15-,17-/m1/s1. The molecular formula is C22H23NO5. The van der Waals surface area contributed by atoms with E-state index >= 15 is 0 Å². The van der Waals surface area contributed by atoms with Crippen LogP contribution in [-0.4, -0.2) is 37.4 Å². The van der Waals surface area contributed by atoms with Crippen molar-refractivity contribution in [3.63, 3.8) is 0 Å². The summed E-state index contributed by atoms with van der Waals surface area (Å²) in [6.07, 6.45) is -0.849. The molecule has 2 atom stereocenters. The first-order valence-corrected chi connectivity index (χ1v) is 9.15. The second kappa shape index (κ2) is 8.25. The first-order chi connectivity index (χ1) is 13.4. The van der Waals surface area contributed by atoms with Crippen molar-refractivity contribution in [3.8, 4) is 5.75 Å². The zero-order valence-electron chi connectivity index (χ0n) is 16.2. The maximum Gasteiger partial charge on any atom is 0.312 e. The van der Waals surface area contributed by atoms with E-state index in [9.17, 15) is 14.4 Å². The molecule has 0 bridgehead atoms. The molecule has 1 aliphatic rings. The average molecular weight is 381 g/mol. The van der Waals surface area contributed by atoms with Gasteiger partial charge in [0.05, 0.1) is 13.0 Å². The van der Waals surface area contributed by atoms with Crippen molar-refractivity contribution in [2.45, 2.75) is 26.4 Å². The van der Waals surface area contributed by atoms with E-state index in [1.54, 1.807) is 55.3 Å². The Hall–Kier alpha value is -3.15. The van der Waals surface area contributed by atoms with Crippen LogP contribution in [0.2, 0.25) is 0 Å². The Morgan fingerprint density at radius 2 is 1.86 bits per heavy atom. The largest absolute Gasteiger partial charge is 0.497 e. The lowest BCUT2D eigenvalue weighted by Crippen LogP contribution is -2.30. The number of carbonyl (C=O) groups is 3. The highest BCUT2D eigenvalue weighted by Gasteiger charge is 2.37. The van der Waals surface area contributed by atoms with Crippen LogP contribution in [0.15, 0.2) is 48.5 Å². The number of anilines is 1. The van der Waals surface area contributed by atoms with Gasteiger partial charge in [0.2, 0.25) is 11.7 Å². The number of nitrogens with zero attached hydrogens (tertiary/aromatic N) is 1. The van der Waals surface area contributed by atoms with Gasteiger partial charge >= 0.3 is 5.97 Å². The van der Waals surface area contributed by atoms with Crippen molar-refractivity contribution in [3.05, 3.63) is 59.7 Å². The van der Waals surface area contributed by atoms with E-state index in [1.807, 2.05) is 19.1 Å². The Balaban J connectivity index is 1.64. The van der Waals surface area contributed by atoms with E-state index in [4.69, 9.17) is 9.47 Å². The molecule has 1 aliphatic heterocycles. The minimum absolute atomic E-state index is 0.0570. The van der Waals surface area contributed by atoms with Crippen molar-refractivity contribution >= 4 is 23.3 Å². The first-order valence-electron chi connectivity index (χ1n) is 9.15. The monoisotopic (exact) mass is 381 g/mol. The van der Waals surface area contributed by atoms with Crippen molar-refractivity contribution in [1.82, 2.24) is 0 Å². The van der Waals surface area contributed by atoms with Crippen LogP contribution in [0.1, 0.15) is 29.3 Å². The summed E-state index contributed by atoms with van der Waals surface area (Å²) < 4.78 is 10.6. The van der Waals surface area contributed by atoms with Gasteiger partial charge in [0, 0.05) is 30.3 Å². The van der Waals surface area contributed by atoms with E-state index in [-0.39, 0.29) is 24.7 Å². The van der Waals surface area contributed by atoms with Gasteiger partial charge in [-0.25, -0.2) is 0 Å². The molecule has 6 nitrogen and oxygen atoms in total. The van der Waals surface area contributed by atoms with Gasteiger partial charge in [-0.15, -0.1) is 0 Å². The smallest absolute Gasteiger partial charge is 0.312 e. The number of aryl methyl sites for hydroxylation is 1. The molecule has 0 saturated carbocycles. The quantitative estimate of drug-likeness (QED) is 0.568. The first kappa shape index (κ1) is 19.6. The highest BCUT2D eigenvalue weighted by atomic mass is 16.5. The molecule has 0 aromatic heterocycles. The number of rotatable bonds is 6. The number of hydrogen-bond acceptors (Lipinski definition) is 5. The van der Waals surface area contributed by atoms with Crippen LogP contribution in [-0.2, 0) is 14.3 Å². The number of esters is 1. The van der Waals surface area contributed by atoms with Crippen LogP contribution >= 0.6 is 0 Å². The molecule has 1 saturated heterocycles. The molecule has 0 unspecified atom stereocenters. The van der Waals surface area contributed by atoms with Gasteiger partial charge in [-0.05, 0) is 26.0 Å². The fourth-order valence-corrected chi connectivity index (χ4v) is 3.17. The highest BCUT2D eigenvalue weighted by Crippen LogP contribution is 2.28. The number of benzene rings is 2. The summed E-state index contributed by atoms with van der Waals surface area (Å²) in [5, 5.41) is 0. The number of methoxy groups -OCH3 is 1. The lowest BCUT2D eigenvalue weighted by atomic mass is 10.1. The third-order valence-electron chi connectivity index (χ3n) is 4.82. The van der Waals surface area contributed by atoms with E-state index < -0.39 is 18.0 Å². The molecule has 6 heteroatoms. The van der Waals surface area contributed by atoms with Gasteiger partial charge in [-0.2, -0.15) is 0 Å². The van der Waals surface area contributed by atoms with E-state index in [0.717, 1.165) is 5.56 Å². The SMILES string of the molecule is COc1cccc(N2C[C@H](C(=O)O[C@H](C)C(=O)c3ccc(C)cc3)CC2=O)c1. The average Bonchev–Trinajstić information content (AvgIpc) is 3.10. The maximum absolute atomic E-state index is 12.5. The normalized spacial score (nSPS) is 17.3. The second-order valence-corrected chi connectivity index (χ2v) is 6.92. The van der Waals surface area contributed by atoms with Crippen LogP contribution < -0.4 is 9.64 Å². The Morgan fingerprint density at radius 3 is 2.54 bits per heavy atom. The number of carbonyl (C=O) groups excluding carboxylic acids is 3. The minimum atomic E-state index is -0.906. The molecule has 0 N–H and O–H groups in total. The molecule has 146 valence electrons. The van der Waals surface area contributed by atoms with E-state index in [0.29, 0.717) is 17.0 Å². The summed E-state index contributed by atoms with van der Waals surface area (Å²) in [5.74, 6) is -0.928. The second-order valence-electron chi connectivity index (χ2n) is 6.92. The third kappa shape index (κ3) is 4.22. The molecule has 3 rings (SSSR count). The van der Waals surface area contributed by atoms with Crippen LogP contribution in [0.4, 0.5) is 5.69 Å². The summed E-state index contributed by atoms with van der Waals surface area (Å²) in [6.45, 7) is 3.70. The Kier molecular flexibility index (Phi) is 5.78. The van der Waals surface area contributed by atoms with Gasteiger partial charge in [-0.1, -0.05) is 35.9 Å². The molecular weight excluding hydrogens is 358 g/mol. The van der Waals surface area contributed by atoms with Crippen molar-refractivity contribution in [2.24, 2.45) is 5.92 Å². The van der Waals surface area contributed by atoms with Crippen LogP contribution in [0.3, 0.4) is 0 Å². The van der Waals surface area contributed by atoms with Gasteiger partial charge in [0.15, 0.2) is 6.10 Å². The molecule has 1 heterocycles. The summed E-state index contributed by atoms with van der Waals surface area (Å²) >= 11 is 0. The van der Waals surface area contributed by atoms with E-state index in [1.165, 1.54) is 0 Å². The van der Waals surface area contributed by atoms with Crippen molar-refractivity contribution in [2.75, 3.05) is 18.6 Å². The van der Waals surface area contributed by atoms with Gasteiger partial charge in [0.25, 0.3) is 0 Å². The van der Waals surface area contributed by atoms with Crippen LogP contribution in [0.5, 0.6) is 5.75 Å². The predicted octanol–water partition coefficient (Wildman–Crippen LogP) is 3.17. The molecule has 0 spiro atoms. The predicted molar refractivity (Wildman–Crippen MR) is 105 cm³/mol. The molecule has 2 aromatic rings. The summed E-state index contributed by atoms with van der Waals surface area (Å²) in [4.78, 5) is 38.9. The van der Waals surface area contributed by atoms with Gasteiger partial charge < -0.3 is 14.4 Å². The van der Waals surface area contributed by atoms with Gasteiger partial charge in [-0.3, -0.25) is 14.4 Å². The van der Waals surface area contributed by atoms with Crippen LogP contribution in [0.25, 0.3) is 0 Å². The maximum atomic E-state index is 12.5. The number of ether oxygens (including phenoxy) is 2. The zero-order chi connectivity index (χ0) is 20.3. The lowest BCUT2D eigenvalue weighted by Gasteiger charge is -2.18. The number of Topliss-reactive ketones (excluding diaryl/α,β-unsaturated/α-hetero) is 1. The topological polar surface area (TPSA) is 72.9 Å². The summed E-state index contributed by atoms with van der Waals surface area (Å²) in [5.41, 5.74) is 2.21. The zero-order valence-corrected chi connectivity index (χ0v) is 16.2. The van der Waals surface area contributed by atoms with Crippen molar-refractivity contribution < 1.29 is 23.9 Å². The highest BCUT2D eigenvalue weighted by molar-refractivity contribution is 6.02. The molecule has 1 fully saturated rings. The fraction of sp³-hybridized carbons (Fsp3) is 0.318. The molecule has 28 heavy (non-hydrogen) atoms. The fourth-order valence-electron chi connectivity index (χ4n) is 3.17. The lowest BCUT2D eigenvalue weighted by molar-refractivity contribution is -0.151. The number of hydrogen-bond donors (Lipinski definition) is 0. The Labute approximate surface area is 164 Å². The number of ketones is 1. The summed E-state index contributed by atoms with van der Waals surface area (Å²) in [7, 11) is 1.55. The summed E-state index contributed by atoms with van der Waals surface area (Å²) in [6, 6.07) is 14.2. The third-order valence-corrected chi connectivity index (χ3v) is 4.82. The van der Waals surface area contributed by atoms with E-state index in [2.05, 4.69) is 0 Å². The number of amides is 1. The Bertz CT molecular complexity index is 890. The molecule has 0 aliphatic carbocycles.